The molecule has 94 valence electrons. The van der Waals surface area contributed by atoms with Gasteiger partial charge >= 0.3 is 0 Å². The molecule has 0 unspecified atom stereocenters. The summed E-state index contributed by atoms with van der Waals surface area (Å²) in [5.74, 6) is 1.75. The Morgan fingerprint density at radius 1 is 0.944 bits per heavy atom. The average Bonchev–Trinajstić information content (AvgIpc) is 2.42. The van der Waals surface area contributed by atoms with E-state index in [1.54, 1.807) is 0 Å². The molecule has 0 aliphatic heterocycles. The first kappa shape index (κ1) is 12.7. The third kappa shape index (κ3) is 3.34. The molecule has 2 nitrogen and oxygen atoms in total. The van der Waals surface area contributed by atoms with Gasteiger partial charge in [0.25, 0.3) is 0 Å². The monoisotopic (exact) mass is 241 g/mol. The Balaban J connectivity index is 2.08. The van der Waals surface area contributed by atoms with Crippen molar-refractivity contribution in [2.75, 3.05) is 6.54 Å². The second-order valence-electron chi connectivity index (χ2n) is 4.29. The lowest BCUT2D eigenvalue weighted by Gasteiger charge is -2.07. The first-order chi connectivity index (χ1) is 8.81. The molecular weight excluding hydrogens is 222 g/mol. The van der Waals surface area contributed by atoms with Crippen LogP contribution in [0.25, 0.3) is 0 Å². The molecule has 2 N–H and O–H groups in total. The largest absolute Gasteiger partial charge is 0.457 e. The van der Waals surface area contributed by atoms with Crippen molar-refractivity contribution in [3.63, 3.8) is 0 Å². The lowest BCUT2D eigenvalue weighted by Crippen LogP contribution is -2.02. The van der Waals surface area contributed by atoms with Crippen LogP contribution in [0.3, 0.4) is 0 Å². The SMILES string of the molecule is CCc1cccc(Oc2ccc(CCN)cc2)c1. The second-order valence-corrected chi connectivity index (χ2v) is 4.29. The second kappa shape index (κ2) is 6.22. The van der Waals surface area contributed by atoms with E-state index in [9.17, 15) is 0 Å². The summed E-state index contributed by atoms with van der Waals surface area (Å²) in [7, 11) is 0. The number of rotatable bonds is 5. The van der Waals surface area contributed by atoms with Gasteiger partial charge in [0.2, 0.25) is 0 Å². The van der Waals surface area contributed by atoms with E-state index in [2.05, 4.69) is 31.2 Å². The van der Waals surface area contributed by atoms with E-state index < -0.39 is 0 Å². The fourth-order valence-electron chi connectivity index (χ4n) is 1.86. The maximum atomic E-state index is 5.82. The Morgan fingerprint density at radius 2 is 1.72 bits per heavy atom. The van der Waals surface area contributed by atoms with Crippen LogP contribution in [0.2, 0.25) is 0 Å². The molecule has 0 aromatic heterocycles. The number of ether oxygens (including phenoxy) is 1. The first-order valence-electron chi connectivity index (χ1n) is 6.37. The van der Waals surface area contributed by atoms with Gasteiger partial charge in [-0.25, -0.2) is 0 Å². The fourth-order valence-corrected chi connectivity index (χ4v) is 1.86. The molecule has 2 rings (SSSR count). The smallest absolute Gasteiger partial charge is 0.127 e. The number of aryl methyl sites for hydroxylation is 1. The molecular formula is C16H19NO. The molecule has 18 heavy (non-hydrogen) atoms. The van der Waals surface area contributed by atoms with Gasteiger partial charge in [-0.2, -0.15) is 0 Å². The molecule has 0 fully saturated rings. The zero-order chi connectivity index (χ0) is 12.8. The minimum absolute atomic E-state index is 0.679. The van der Waals surface area contributed by atoms with E-state index in [0.29, 0.717) is 6.54 Å². The van der Waals surface area contributed by atoms with Crippen molar-refractivity contribution in [2.45, 2.75) is 19.8 Å². The van der Waals surface area contributed by atoms with Crippen molar-refractivity contribution in [3.05, 3.63) is 59.7 Å². The Morgan fingerprint density at radius 3 is 2.39 bits per heavy atom. The summed E-state index contributed by atoms with van der Waals surface area (Å²) >= 11 is 0. The summed E-state index contributed by atoms with van der Waals surface area (Å²) in [4.78, 5) is 0. The van der Waals surface area contributed by atoms with Crippen molar-refractivity contribution in [1.29, 1.82) is 0 Å². The molecule has 0 aliphatic rings. The van der Waals surface area contributed by atoms with Gasteiger partial charge in [-0.3, -0.25) is 0 Å². The van der Waals surface area contributed by atoms with Gasteiger partial charge in [-0.1, -0.05) is 31.2 Å². The molecule has 0 heterocycles. The van der Waals surface area contributed by atoms with Crippen molar-refractivity contribution in [1.82, 2.24) is 0 Å². The van der Waals surface area contributed by atoms with Gasteiger partial charge < -0.3 is 10.5 Å². The van der Waals surface area contributed by atoms with Gasteiger partial charge in [0.05, 0.1) is 0 Å². The zero-order valence-electron chi connectivity index (χ0n) is 10.7. The number of hydrogen-bond donors (Lipinski definition) is 1. The van der Waals surface area contributed by atoms with Crippen molar-refractivity contribution in [3.8, 4) is 11.5 Å². The van der Waals surface area contributed by atoms with E-state index in [-0.39, 0.29) is 0 Å². The van der Waals surface area contributed by atoms with Crippen LogP contribution in [0.4, 0.5) is 0 Å². The highest BCUT2D eigenvalue weighted by molar-refractivity contribution is 5.35. The first-order valence-corrected chi connectivity index (χ1v) is 6.37. The summed E-state index contributed by atoms with van der Waals surface area (Å²) < 4.78 is 5.82. The van der Waals surface area contributed by atoms with E-state index >= 15 is 0 Å². The molecule has 0 atom stereocenters. The maximum Gasteiger partial charge on any atom is 0.127 e. The standard InChI is InChI=1S/C16H19NO/c1-2-13-4-3-5-16(12-13)18-15-8-6-14(7-9-15)10-11-17/h3-9,12H,2,10-11,17H2,1H3. The van der Waals surface area contributed by atoms with E-state index in [0.717, 1.165) is 24.3 Å². The predicted molar refractivity (Wildman–Crippen MR) is 75.1 cm³/mol. The van der Waals surface area contributed by atoms with Gasteiger partial charge in [-0.05, 0) is 54.8 Å². The number of benzene rings is 2. The molecule has 0 bridgehead atoms. The average molecular weight is 241 g/mol. The van der Waals surface area contributed by atoms with Gasteiger partial charge in [0.15, 0.2) is 0 Å². The van der Waals surface area contributed by atoms with Gasteiger partial charge in [0, 0.05) is 0 Å². The Hall–Kier alpha value is -1.80. The Labute approximate surface area is 108 Å². The van der Waals surface area contributed by atoms with Crippen molar-refractivity contribution in [2.24, 2.45) is 5.73 Å². The van der Waals surface area contributed by atoms with Crippen LogP contribution in [0.5, 0.6) is 11.5 Å². The van der Waals surface area contributed by atoms with Crippen LogP contribution in [-0.4, -0.2) is 6.54 Å². The minimum atomic E-state index is 0.679. The summed E-state index contributed by atoms with van der Waals surface area (Å²) in [6, 6.07) is 16.3. The van der Waals surface area contributed by atoms with Crippen LogP contribution in [0.1, 0.15) is 18.1 Å². The van der Waals surface area contributed by atoms with Crippen LogP contribution < -0.4 is 10.5 Å². The highest BCUT2D eigenvalue weighted by atomic mass is 16.5. The van der Waals surface area contributed by atoms with E-state index in [4.69, 9.17) is 10.5 Å². The summed E-state index contributed by atoms with van der Waals surface area (Å²) in [5.41, 5.74) is 8.05. The van der Waals surface area contributed by atoms with Gasteiger partial charge in [0.1, 0.15) is 11.5 Å². The van der Waals surface area contributed by atoms with Crippen LogP contribution >= 0.6 is 0 Å². The third-order valence-corrected chi connectivity index (χ3v) is 2.90. The minimum Gasteiger partial charge on any atom is -0.457 e. The Kier molecular flexibility index (Phi) is 4.37. The molecule has 2 heteroatoms. The summed E-state index contributed by atoms with van der Waals surface area (Å²) in [6.07, 6.45) is 1.93. The number of nitrogens with two attached hydrogens (primary N) is 1. The molecule has 2 aromatic rings. The summed E-state index contributed by atoms with van der Waals surface area (Å²) in [6.45, 7) is 2.82. The molecule has 0 amide bonds. The maximum absolute atomic E-state index is 5.82. The molecule has 0 spiro atoms. The molecule has 0 aliphatic carbocycles. The van der Waals surface area contributed by atoms with Crippen LogP contribution in [0, 0.1) is 0 Å². The Bertz CT molecular complexity index is 491. The fraction of sp³-hybridized carbons (Fsp3) is 0.250. The highest BCUT2D eigenvalue weighted by Gasteiger charge is 1.99. The van der Waals surface area contributed by atoms with Gasteiger partial charge in [-0.15, -0.1) is 0 Å². The number of hydrogen-bond acceptors (Lipinski definition) is 2. The quantitative estimate of drug-likeness (QED) is 0.869. The molecule has 0 saturated heterocycles. The summed E-state index contributed by atoms with van der Waals surface area (Å²) in [5, 5.41) is 0. The third-order valence-electron chi connectivity index (χ3n) is 2.90. The van der Waals surface area contributed by atoms with Crippen LogP contribution in [-0.2, 0) is 12.8 Å². The molecule has 2 aromatic carbocycles. The predicted octanol–water partition coefficient (Wildman–Crippen LogP) is 3.54. The lowest BCUT2D eigenvalue weighted by molar-refractivity contribution is 0.482. The zero-order valence-corrected chi connectivity index (χ0v) is 10.7. The van der Waals surface area contributed by atoms with E-state index in [1.807, 2.05) is 24.3 Å². The normalized spacial score (nSPS) is 10.3. The van der Waals surface area contributed by atoms with Crippen LogP contribution in [0.15, 0.2) is 48.5 Å². The lowest BCUT2D eigenvalue weighted by atomic mass is 10.1. The highest BCUT2D eigenvalue weighted by Crippen LogP contribution is 2.22. The van der Waals surface area contributed by atoms with Crippen molar-refractivity contribution >= 4 is 0 Å². The molecule has 0 radical (unpaired) electrons. The van der Waals surface area contributed by atoms with Crippen molar-refractivity contribution < 1.29 is 4.74 Å². The topological polar surface area (TPSA) is 35.2 Å². The van der Waals surface area contributed by atoms with E-state index in [1.165, 1.54) is 11.1 Å². The molecule has 0 saturated carbocycles.